The van der Waals surface area contributed by atoms with E-state index < -0.39 is 6.04 Å². The van der Waals surface area contributed by atoms with Crippen molar-refractivity contribution in [2.45, 2.75) is 260 Å². The molecule has 0 spiro atoms. The summed E-state index contributed by atoms with van der Waals surface area (Å²) < 4.78 is 55.0. The van der Waals surface area contributed by atoms with E-state index >= 15 is 0 Å². The van der Waals surface area contributed by atoms with Gasteiger partial charge in [0, 0.05) is 61.8 Å². The van der Waals surface area contributed by atoms with Crippen LogP contribution >= 0.6 is 0 Å². The number of nitrogens with one attached hydrogen (secondary N) is 1. The lowest BCUT2D eigenvalue weighted by Gasteiger charge is -2.32. The summed E-state index contributed by atoms with van der Waals surface area (Å²) in [6, 6.07) is 48.1. The first-order valence-corrected chi connectivity index (χ1v) is 40.1. The van der Waals surface area contributed by atoms with Crippen LogP contribution in [-0.4, -0.2) is 56.9 Å². The zero-order chi connectivity index (χ0) is 81.8. The summed E-state index contributed by atoms with van der Waals surface area (Å²) in [5.74, 6) is 6.64. The van der Waals surface area contributed by atoms with Crippen molar-refractivity contribution < 1.29 is 37.9 Å². The standard InChI is InChI=1S/C102H133NO8/c1-95(2,3)75-45-61-38-62-46-76(96(4,5)6)48-64(88(62)105-26)40-66-50-78(98(10,11)12)52-68(90(66)107-28)42-70-54-80(100(16,17)18)56-72(92(70)109-30)44-74-58-82(102(22,23)24)60-85(94(74)111-32)86(103-83-36-34-33-35-37-83)84-59-81(101(19,20)21)57-73(93(84)110-31)43-71-55-79(99(13,14)15)53-69(91(71)108-29)41-67-51-77(97(7,8)9)49-65(89(67)106-27)39-63(47-75)87(61)104-25/h33-37,45-60,86,103H,38-44H2,1-32H3. The van der Waals surface area contributed by atoms with Gasteiger partial charge in [-0.3, -0.25) is 0 Å². The predicted octanol–water partition coefficient (Wildman–Crippen LogP) is 24.8. The Kier molecular flexibility index (Phi) is 24.4. The summed E-state index contributed by atoms with van der Waals surface area (Å²) >= 11 is 0. The molecule has 0 aliphatic heterocycles. The summed E-state index contributed by atoms with van der Waals surface area (Å²) in [5, 5.41) is 4.16. The predicted molar refractivity (Wildman–Crippen MR) is 465 cm³/mol. The molecule has 9 aromatic carbocycles. The van der Waals surface area contributed by atoms with Crippen LogP contribution in [0.25, 0.3) is 0 Å². The van der Waals surface area contributed by atoms with Crippen LogP contribution in [0.2, 0.25) is 0 Å². The van der Waals surface area contributed by atoms with E-state index in [0.717, 1.165) is 141 Å². The maximum absolute atomic E-state index is 7.01. The molecule has 0 radical (unpaired) electrons. The highest BCUT2D eigenvalue weighted by Gasteiger charge is 2.35. The molecule has 1 N–H and O–H groups in total. The number of hydrogen-bond acceptors (Lipinski definition) is 9. The Bertz CT molecular complexity index is 4590. The second-order valence-corrected chi connectivity index (χ2v) is 39.7. The molecule has 0 heterocycles. The van der Waals surface area contributed by atoms with Crippen molar-refractivity contribution in [3.63, 3.8) is 0 Å². The van der Waals surface area contributed by atoms with Crippen molar-refractivity contribution in [3.05, 3.63) is 261 Å². The number of hydrogen-bond donors (Lipinski definition) is 1. The van der Waals surface area contributed by atoms with Crippen molar-refractivity contribution in [2.75, 3.05) is 62.2 Å². The average molecular weight is 1500 g/mol. The van der Waals surface area contributed by atoms with Gasteiger partial charge in [0.15, 0.2) is 0 Å². The fraction of sp³-hybridized carbons (Fsp3) is 0.471. The third kappa shape index (κ3) is 18.6. The van der Waals surface area contributed by atoms with Gasteiger partial charge in [0.25, 0.3) is 0 Å². The molecule has 10 rings (SSSR count). The van der Waals surface area contributed by atoms with Gasteiger partial charge in [-0.2, -0.15) is 0 Å². The maximum Gasteiger partial charge on any atom is 0.128 e. The highest BCUT2D eigenvalue weighted by molar-refractivity contribution is 5.66. The molecule has 1 aliphatic rings. The average Bonchev–Trinajstić information content (AvgIpc) is 0.760. The van der Waals surface area contributed by atoms with Gasteiger partial charge < -0.3 is 43.2 Å². The summed E-state index contributed by atoms with van der Waals surface area (Å²) in [7, 11) is 14.6. The summed E-state index contributed by atoms with van der Waals surface area (Å²) in [5.41, 5.74) is 25.6. The van der Waals surface area contributed by atoms with Crippen LogP contribution in [0.4, 0.5) is 5.69 Å². The fourth-order valence-electron chi connectivity index (χ4n) is 16.2. The second kappa shape index (κ2) is 32.0. The maximum atomic E-state index is 7.01. The topological polar surface area (TPSA) is 85.9 Å². The highest BCUT2D eigenvalue weighted by Crippen LogP contribution is 2.50. The third-order valence-corrected chi connectivity index (χ3v) is 22.8. The number of anilines is 1. The molecule has 0 amide bonds. The fourth-order valence-corrected chi connectivity index (χ4v) is 16.2. The lowest BCUT2D eigenvalue weighted by atomic mass is 9.78. The number of benzene rings is 9. The van der Waals surface area contributed by atoms with Gasteiger partial charge in [0.05, 0.1) is 62.9 Å². The second-order valence-electron chi connectivity index (χ2n) is 39.7. The zero-order valence-electron chi connectivity index (χ0n) is 73.9. The monoisotopic (exact) mass is 1500 g/mol. The van der Waals surface area contributed by atoms with Crippen LogP contribution in [0.3, 0.4) is 0 Å². The molecule has 594 valence electrons. The van der Waals surface area contributed by atoms with Gasteiger partial charge >= 0.3 is 0 Å². The molecule has 111 heavy (non-hydrogen) atoms. The molecule has 0 atom stereocenters. The van der Waals surface area contributed by atoms with E-state index in [9.17, 15) is 0 Å². The zero-order valence-corrected chi connectivity index (χ0v) is 73.9. The minimum Gasteiger partial charge on any atom is -0.496 e. The first-order chi connectivity index (χ1) is 51.6. The van der Waals surface area contributed by atoms with Crippen molar-refractivity contribution in [1.82, 2.24) is 0 Å². The summed E-state index contributed by atoms with van der Waals surface area (Å²) in [6.07, 6.45) is 3.75. The van der Waals surface area contributed by atoms with E-state index in [4.69, 9.17) is 37.9 Å². The van der Waals surface area contributed by atoms with Crippen LogP contribution in [0.1, 0.15) is 306 Å². The lowest BCUT2D eigenvalue weighted by molar-refractivity contribution is 0.393. The Morgan fingerprint density at radius 3 is 0.495 bits per heavy atom. The molecule has 0 aromatic heterocycles. The molecular weight excluding hydrogens is 1370 g/mol. The lowest BCUT2D eigenvalue weighted by Crippen LogP contribution is -2.21. The van der Waals surface area contributed by atoms with Gasteiger partial charge in [0.1, 0.15) is 46.0 Å². The van der Waals surface area contributed by atoms with Crippen molar-refractivity contribution in [1.29, 1.82) is 0 Å². The molecule has 0 fully saturated rings. The highest BCUT2D eigenvalue weighted by atomic mass is 16.5. The van der Waals surface area contributed by atoms with Gasteiger partial charge in [-0.15, -0.1) is 0 Å². The number of fused-ring (bicyclic) bond motifs is 16. The molecular formula is C102H133NO8. The quantitative estimate of drug-likeness (QED) is 0.144. The number of methoxy groups -OCH3 is 8. The molecule has 9 nitrogen and oxygen atoms in total. The van der Waals surface area contributed by atoms with E-state index in [2.05, 4.69) is 299 Å². The van der Waals surface area contributed by atoms with Crippen molar-refractivity contribution in [3.8, 4) is 46.0 Å². The summed E-state index contributed by atoms with van der Waals surface area (Å²) in [6.45, 7) is 55.4. The molecule has 0 saturated heterocycles. The first kappa shape index (κ1) is 84.6. The van der Waals surface area contributed by atoms with E-state index in [1.165, 1.54) is 44.5 Å². The molecule has 16 bridgehead atoms. The van der Waals surface area contributed by atoms with E-state index in [1.54, 1.807) is 0 Å². The van der Waals surface area contributed by atoms with Crippen LogP contribution < -0.4 is 43.2 Å². The Morgan fingerprint density at radius 1 is 0.207 bits per heavy atom. The van der Waals surface area contributed by atoms with Gasteiger partial charge in [-0.25, -0.2) is 0 Å². The molecule has 1 aliphatic carbocycles. The van der Waals surface area contributed by atoms with E-state index in [-0.39, 0.29) is 43.3 Å². The Balaban J connectivity index is 1.36. The first-order valence-electron chi connectivity index (χ1n) is 40.1. The Morgan fingerprint density at radius 2 is 0.351 bits per heavy atom. The smallest absolute Gasteiger partial charge is 0.128 e. The molecule has 0 unspecified atom stereocenters. The van der Waals surface area contributed by atoms with Gasteiger partial charge in [0.2, 0.25) is 0 Å². The van der Waals surface area contributed by atoms with Crippen molar-refractivity contribution in [2.24, 2.45) is 0 Å². The van der Waals surface area contributed by atoms with Crippen molar-refractivity contribution >= 4 is 5.69 Å². The molecule has 9 heteroatoms. The number of rotatable bonds is 10. The molecule has 9 aromatic rings. The van der Waals surface area contributed by atoms with Crippen LogP contribution in [-0.2, 0) is 88.3 Å². The largest absolute Gasteiger partial charge is 0.496 e. The minimum atomic E-state index is -0.497. The Labute approximate surface area is 669 Å². The van der Waals surface area contributed by atoms with Crippen LogP contribution in [0.5, 0.6) is 46.0 Å². The van der Waals surface area contributed by atoms with E-state index in [0.29, 0.717) is 44.9 Å². The SMILES string of the molecule is COc1c2cc(C(C)(C)C)cc1Cc1cc(C(C)(C)C)cc(c1OC)Cc1cc(C(C)(C)C)cc(c1OC)Cc1cc(C(C)(C)C)cc(c1OC)C(Nc1ccccc1)c1cc(C(C)(C)C)cc(c1OC)Cc1cc(C(C)(C)C)cc(c1OC)Cc1cc(C(C)(C)C)cc(c1OC)Cc1cc(C(C)(C)C)cc(c1OC)C2. The van der Waals surface area contributed by atoms with Gasteiger partial charge in [-0.05, 0) is 190 Å². The third-order valence-electron chi connectivity index (χ3n) is 22.8. The molecule has 0 saturated carbocycles. The van der Waals surface area contributed by atoms with Gasteiger partial charge in [-0.1, -0.05) is 269 Å². The minimum absolute atomic E-state index is 0.218. The van der Waals surface area contributed by atoms with Crippen LogP contribution in [0, 0.1) is 0 Å². The normalized spacial score (nSPS) is 13.8. The Hall–Kier alpha value is -8.82. The number of para-hydroxylation sites is 1. The van der Waals surface area contributed by atoms with E-state index in [1.807, 2.05) is 56.9 Å². The van der Waals surface area contributed by atoms with Crippen LogP contribution in [0.15, 0.2) is 127 Å². The number of ether oxygens (including phenoxy) is 8. The summed E-state index contributed by atoms with van der Waals surface area (Å²) in [4.78, 5) is 0.